The lowest BCUT2D eigenvalue weighted by Gasteiger charge is -2.15. The van der Waals surface area contributed by atoms with E-state index in [9.17, 15) is 0 Å². The van der Waals surface area contributed by atoms with Gasteiger partial charge in [0.05, 0.1) is 0 Å². The average molecular weight is 310 g/mol. The Kier molecular flexibility index (Phi) is 3.89. The zero-order valence-corrected chi connectivity index (χ0v) is 12.7. The number of hydrogen-bond acceptors (Lipinski definition) is 2. The van der Waals surface area contributed by atoms with Crippen LogP contribution in [0.3, 0.4) is 0 Å². The van der Waals surface area contributed by atoms with Gasteiger partial charge in [-0.25, -0.2) is 0 Å². The minimum Gasteiger partial charge on any atom is -0.378 e. The summed E-state index contributed by atoms with van der Waals surface area (Å²) < 4.78 is 1.10. The van der Waals surface area contributed by atoms with Gasteiger partial charge in [-0.1, -0.05) is 22.0 Å². The van der Waals surface area contributed by atoms with Crippen LogP contribution in [-0.4, -0.2) is 0 Å². The lowest BCUT2D eigenvalue weighted by atomic mass is 10.1. The van der Waals surface area contributed by atoms with E-state index >= 15 is 0 Å². The van der Waals surface area contributed by atoms with Crippen molar-refractivity contribution in [3.05, 3.63) is 50.1 Å². The Morgan fingerprint density at radius 3 is 2.59 bits per heavy atom. The number of anilines is 1. The van der Waals surface area contributed by atoms with E-state index in [0.717, 1.165) is 10.2 Å². The maximum absolute atomic E-state index is 3.53. The number of nitrogens with one attached hydrogen (secondary N) is 1. The minimum absolute atomic E-state index is 0.342. The van der Waals surface area contributed by atoms with Crippen LogP contribution < -0.4 is 5.32 Å². The topological polar surface area (TPSA) is 12.0 Å². The summed E-state index contributed by atoms with van der Waals surface area (Å²) in [6.45, 7) is 6.55. The molecule has 0 spiro atoms. The van der Waals surface area contributed by atoms with E-state index in [1.165, 1.54) is 15.3 Å². The Labute approximate surface area is 115 Å². The van der Waals surface area contributed by atoms with Crippen molar-refractivity contribution >= 4 is 33.0 Å². The SMILES string of the molecule is Cc1cc(C(C)Nc2cccc(Br)c2)c(C)s1. The van der Waals surface area contributed by atoms with Gasteiger partial charge in [-0.15, -0.1) is 11.3 Å². The number of rotatable bonds is 3. The summed E-state index contributed by atoms with van der Waals surface area (Å²) in [7, 11) is 0. The predicted molar refractivity (Wildman–Crippen MR) is 80.0 cm³/mol. The zero-order valence-electron chi connectivity index (χ0n) is 10.3. The third-order valence-corrected chi connectivity index (χ3v) is 4.23. The summed E-state index contributed by atoms with van der Waals surface area (Å²) in [4.78, 5) is 2.78. The maximum atomic E-state index is 3.53. The monoisotopic (exact) mass is 309 g/mol. The Morgan fingerprint density at radius 1 is 1.24 bits per heavy atom. The highest BCUT2D eigenvalue weighted by Crippen LogP contribution is 2.29. The molecular weight excluding hydrogens is 294 g/mol. The van der Waals surface area contributed by atoms with Crippen LogP contribution in [0.25, 0.3) is 0 Å². The second-order valence-corrected chi connectivity index (χ2v) is 6.62. The molecule has 1 aromatic heterocycles. The molecule has 0 radical (unpaired) electrons. The van der Waals surface area contributed by atoms with Crippen molar-refractivity contribution in [1.29, 1.82) is 0 Å². The molecule has 17 heavy (non-hydrogen) atoms. The van der Waals surface area contributed by atoms with Crippen LogP contribution in [0.4, 0.5) is 5.69 Å². The van der Waals surface area contributed by atoms with E-state index < -0.39 is 0 Å². The first-order chi connectivity index (χ1) is 8.06. The van der Waals surface area contributed by atoms with Crippen molar-refractivity contribution < 1.29 is 0 Å². The Hall–Kier alpha value is -0.800. The molecule has 0 aliphatic rings. The normalized spacial score (nSPS) is 12.5. The van der Waals surface area contributed by atoms with Crippen LogP contribution in [-0.2, 0) is 0 Å². The molecule has 1 atom stereocenters. The first-order valence-corrected chi connectivity index (χ1v) is 7.26. The van der Waals surface area contributed by atoms with Crippen molar-refractivity contribution in [2.45, 2.75) is 26.8 Å². The van der Waals surface area contributed by atoms with Crippen LogP contribution in [0.1, 0.15) is 28.3 Å². The van der Waals surface area contributed by atoms with Crippen LogP contribution >= 0.6 is 27.3 Å². The molecule has 0 aliphatic heterocycles. The van der Waals surface area contributed by atoms with Gasteiger partial charge in [-0.3, -0.25) is 0 Å². The van der Waals surface area contributed by atoms with Crippen molar-refractivity contribution in [2.75, 3.05) is 5.32 Å². The lowest BCUT2D eigenvalue weighted by Crippen LogP contribution is -2.06. The molecule has 0 fully saturated rings. The first-order valence-electron chi connectivity index (χ1n) is 5.65. The number of thiophene rings is 1. The summed E-state index contributed by atoms with van der Waals surface area (Å²) in [5.41, 5.74) is 2.54. The molecule has 0 bridgehead atoms. The van der Waals surface area contributed by atoms with E-state index in [4.69, 9.17) is 0 Å². The molecule has 0 aliphatic carbocycles. The molecule has 2 aromatic rings. The third-order valence-electron chi connectivity index (χ3n) is 2.75. The zero-order chi connectivity index (χ0) is 12.4. The molecule has 1 nitrogen and oxygen atoms in total. The molecule has 1 heterocycles. The maximum Gasteiger partial charge on any atom is 0.0496 e. The van der Waals surface area contributed by atoms with Gasteiger partial charge < -0.3 is 5.32 Å². The largest absolute Gasteiger partial charge is 0.378 e. The van der Waals surface area contributed by atoms with E-state index in [0.29, 0.717) is 6.04 Å². The van der Waals surface area contributed by atoms with Crippen molar-refractivity contribution in [3.63, 3.8) is 0 Å². The van der Waals surface area contributed by atoms with E-state index in [1.807, 2.05) is 23.5 Å². The quantitative estimate of drug-likeness (QED) is 0.811. The van der Waals surface area contributed by atoms with Gasteiger partial charge in [-0.05, 0) is 50.6 Å². The fraction of sp³-hybridized carbons (Fsp3) is 0.286. The van der Waals surface area contributed by atoms with Crippen LogP contribution in [0.5, 0.6) is 0 Å². The minimum atomic E-state index is 0.342. The van der Waals surface area contributed by atoms with Gasteiger partial charge in [0.25, 0.3) is 0 Å². The molecule has 0 amide bonds. The summed E-state index contributed by atoms with van der Waals surface area (Å²) in [6, 6.07) is 10.9. The Morgan fingerprint density at radius 2 is 2.00 bits per heavy atom. The molecule has 0 saturated carbocycles. The van der Waals surface area contributed by atoms with Crippen molar-refractivity contribution in [3.8, 4) is 0 Å². The van der Waals surface area contributed by atoms with E-state index in [1.54, 1.807) is 0 Å². The number of hydrogen-bond donors (Lipinski definition) is 1. The molecule has 3 heteroatoms. The van der Waals surface area contributed by atoms with Crippen molar-refractivity contribution in [1.82, 2.24) is 0 Å². The molecule has 1 N–H and O–H groups in total. The Bertz CT molecular complexity index is 519. The Balaban J connectivity index is 2.16. The second kappa shape index (κ2) is 5.23. The fourth-order valence-electron chi connectivity index (χ4n) is 1.99. The van der Waals surface area contributed by atoms with Gasteiger partial charge >= 0.3 is 0 Å². The summed E-state index contributed by atoms with van der Waals surface area (Å²) in [5.74, 6) is 0. The summed E-state index contributed by atoms with van der Waals surface area (Å²) in [5, 5.41) is 3.53. The molecular formula is C14H16BrNS. The average Bonchev–Trinajstić information content (AvgIpc) is 2.58. The highest BCUT2D eigenvalue weighted by Gasteiger charge is 2.10. The van der Waals surface area contributed by atoms with Gasteiger partial charge in [0, 0.05) is 26.0 Å². The number of aryl methyl sites for hydroxylation is 2. The van der Waals surface area contributed by atoms with Crippen LogP contribution in [0.2, 0.25) is 0 Å². The standard InChI is InChI=1S/C14H16BrNS/c1-9-7-14(11(3)17-9)10(2)16-13-6-4-5-12(15)8-13/h4-8,10,16H,1-3H3. The molecule has 1 unspecified atom stereocenters. The number of halogens is 1. The lowest BCUT2D eigenvalue weighted by molar-refractivity contribution is 0.881. The van der Waals surface area contributed by atoms with Gasteiger partial charge in [0.2, 0.25) is 0 Å². The predicted octanol–water partition coefficient (Wildman–Crippen LogP) is 5.30. The van der Waals surface area contributed by atoms with Crippen molar-refractivity contribution in [2.24, 2.45) is 0 Å². The smallest absolute Gasteiger partial charge is 0.0496 e. The van der Waals surface area contributed by atoms with E-state index in [-0.39, 0.29) is 0 Å². The number of benzene rings is 1. The molecule has 90 valence electrons. The van der Waals surface area contributed by atoms with Gasteiger partial charge in [-0.2, -0.15) is 0 Å². The summed E-state index contributed by atoms with van der Waals surface area (Å²) >= 11 is 5.35. The molecule has 2 rings (SSSR count). The first kappa shape index (κ1) is 12.7. The third kappa shape index (κ3) is 3.11. The highest BCUT2D eigenvalue weighted by atomic mass is 79.9. The van der Waals surface area contributed by atoms with Gasteiger partial charge in [0.1, 0.15) is 0 Å². The van der Waals surface area contributed by atoms with Crippen LogP contribution in [0.15, 0.2) is 34.8 Å². The second-order valence-electron chi connectivity index (χ2n) is 4.24. The fourth-order valence-corrected chi connectivity index (χ4v) is 3.41. The van der Waals surface area contributed by atoms with E-state index in [2.05, 4.69) is 60.2 Å². The molecule has 1 aromatic carbocycles. The summed E-state index contributed by atoms with van der Waals surface area (Å²) in [6.07, 6.45) is 0. The highest BCUT2D eigenvalue weighted by molar-refractivity contribution is 9.10. The molecule has 0 saturated heterocycles. The van der Waals surface area contributed by atoms with Gasteiger partial charge in [0.15, 0.2) is 0 Å². The van der Waals surface area contributed by atoms with Crippen LogP contribution in [0, 0.1) is 13.8 Å².